The van der Waals surface area contributed by atoms with Crippen LogP contribution in [0.25, 0.3) is 0 Å². The zero-order chi connectivity index (χ0) is 17.2. The molecule has 0 bridgehead atoms. The van der Waals surface area contributed by atoms with Crippen molar-refractivity contribution in [2.24, 2.45) is 4.99 Å². The Morgan fingerprint density at radius 2 is 1.88 bits per heavy atom. The van der Waals surface area contributed by atoms with E-state index in [9.17, 15) is 5.11 Å². The van der Waals surface area contributed by atoms with Gasteiger partial charge in [-0.25, -0.2) is 4.99 Å². The second-order valence-corrected chi connectivity index (χ2v) is 6.33. The summed E-state index contributed by atoms with van der Waals surface area (Å²) in [4.78, 5) is 4.70. The molecule has 1 saturated carbocycles. The largest absolute Gasteiger partial charge is 0.489 e. The molecule has 25 heavy (non-hydrogen) atoms. The quantitative estimate of drug-likeness (QED) is 0.331. The zero-order valence-corrected chi connectivity index (χ0v) is 17.6. The van der Waals surface area contributed by atoms with E-state index in [4.69, 9.17) is 9.73 Å². The molecular formula is C19H32IN3O2. The normalized spacial score (nSPS) is 21.8. The fraction of sp³-hybridized carbons (Fsp3) is 0.632. The van der Waals surface area contributed by atoms with Crippen LogP contribution in [0.4, 0.5) is 0 Å². The Hall–Kier alpha value is -1.02. The average molecular weight is 461 g/mol. The molecule has 0 radical (unpaired) electrons. The van der Waals surface area contributed by atoms with Gasteiger partial charge in [-0.15, -0.1) is 24.0 Å². The van der Waals surface area contributed by atoms with Gasteiger partial charge >= 0.3 is 0 Å². The first-order valence-electron chi connectivity index (χ1n) is 9.15. The van der Waals surface area contributed by atoms with Crippen LogP contribution in [0, 0.1) is 0 Å². The maximum absolute atomic E-state index is 9.62. The maximum atomic E-state index is 9.62. The molecule has 0 spiro atoms. The van der Waals surface area contributed by atoms with Crippen LogP contribution in [0.5, 0.6) is 5.75 Å². The van der Waals surface area contributed by atoms with E-state index in [1.807, 2.05) is 30.3 Å². The summed E-state index contributed by atoms with van der Waals surface area (Å²) in [6.45, 7) is 5.64. The van der Waals surface area contributed by atoms with Crippen LogP contribution in [0.1, 0.15) is 46.0 Å². The highest BCUT2D eigenvalue weighted by atomic mass is 127. The van der Waals surface area contributed by atoms with E-state index < -0.39 is 0 Å². The van der Waals surface area contributed by atoms with E-state index in [1.165, 1.54) is 0 Å². The van der Waals surface area contributed by atoms with Crippen molar-refractivity contribution in [3.05, 3.63) is 30.3 Å². The molecule has 0 heterocycles. The van der Waals surface area contributed by atoms with Crippen LogP contribution in [0.3, 0.4) is 0 Å². The first-order valence-corrected chi connectivity index (χ1v) is 9.15. The number of benzene rings is 1. The molecule has 1 atom stereocenters. The van der Waals surface area contributed by atoms with Gasteiger partial charge in [0.1, 0.15) is 11.9 Å². The molecule has 1 aromatic carbocycles. The van der Waals surface area contributed by atoms with Crippen LogP contribution in [-0.2, 0) is 0 Å². The van der Waals surface area contributed by atoms with E-state index in [0.717, 1.165) is 50.4 Å². The first-order chi connectivity index (χ1) is 11.7. The second kappa shape index (κ2) is 12.4. The molecule has 6 heteroatoms. The molecule has 1 fully saturated rings. The number of nitrogens with zero attached hydrogens (tertiary/aromatic N) is 1. The molecule has 1 aromatic rings. The number of halogens is 1. The van der Waals surface area contributed by atoms with E-state index in [1.54, 1.807) is 0 Å². The van der Waals surface area contributed by atoms with Gasteiger partial charge in [0.05, 0.1) is 12.6 Å². The third-order valence-electron chi connectivity index (χ3n) is 4.34. The van der Waals surface area contributed by atoms with Crippen LogP contribution < -0.4 is 15.4 Å². The minimum atomic E-state index is -0.133. The highest BCUT2D eigenvalue weighted by Gasteiger charge is 2.20. The predicted octanol–water partition coefficient (Wildman–Crippen LogP) is 3.32. The van der Waals surface area contributed by atoms with E-state index >= 15 is 0 Å². The Labute approximate surface area is 168 Å². The monoisotopic (exact) mass is 461 g/mol. The predicted molar refractivity (Wildman–Crippen MR) is 114 cm³/mol. The second-order valence-electron chi connectivity index (χ2n) is 6.33. The molecule has 0 aromatic heterocycles. The summed E-state index contributed by atoms with van der Waals surface area (Å²) >= 11 is 0. The minimum Gasteiger partial charge on any atom is -0.489 e. The number of aliphatic hydroxyl groups excluding tert-OH is 1. The van der Waals surface area contributed by atoms with Gasteiger partial charge in [-0.1, -0.05) is 25.1 Å². The third-order valence-corrected chi connectivity index (χ3v) is 4.34. The number of aliphatic imine (C=N–C) groups is 1. The van der Waals surface area contributed by atoms with Gasteiger partial charge in [-0.2, -0.15) is 0 Å². The average Bonchev–Trinajstić information content (AvgIpc) is 2.61. The number of para-hydroxylation sites is 1. The summed E-state index contributed by atoms with van der Waals surface area (Å²) in [5, 5.41) is 16.4. The Morgan fingerprint density at radius 3 is 2.48 bits per heavy atom. The highest BCUT2D eigenvalue weighted by molar-refractivity contribution is 14.0. The van der Waals surface area contributed by atoms with Gasteiger partial charge in [0.2, 0.25) is 0 Å². The van der Waals surface area contributed by atoms with E-state index in [0.29, 0.717) is 12.6 Å². The number of hydrogen-bond acceptors (Lipinski definition) is 3. The molecule has 142 valence electrons. The smallest absolute Gasteiger partial charge is 0.191 e. The number of guanidine groups is 1. The fourth-order valence-corrected chi connectivity index (χ4v) is 2.87. The first kappa shape index (κ1) is 22.0. The van der Waals surface area contributed by atoms with Gasteiger partial charge in [0.15, 0.2) is 5.96 Å². The number of hydrogen-bond donors (Lipinski definition) is 3. The van der Waals surface area contributed by atoms with Gasteiger partial charge < -0.3 is 20.5 Å². The van der Waals surface area contributed by atoms with Crippen molar-refractivity contribution in [3.63, 3.8) is 0 Å². The van der Waals surface area contributed by atoms with Crippen molar-refractivity contribution in [2.75, 3.05) is 13.1 Å². The third kappa shape index (κ3) is 8.27. The lowest BCUT2D eigenvalue weighted by Crippen LogP contribution is -2.45. The molecular weight excluding hydrogens is 429 g/mol. The summed E-state index contributed by atoms with van der Waals surface area (Å²) < 4.78 is 6.00. The van der Waals surface area contributed by atoms with Crippen molar-refractivity contribution < 1.29 is 9.84 Å². The van der Waals surface area contributed by atoms with Crippen LogP contribution in [0.15, 0.2) is 35.3 Å². The number of nitrogens with one attached hydrogen (secondary N) is 2. The van der Waals surface area contributed by atoms with Crippen LogP contribution in [-0.4, -0.2) is 42.4 Å². The summed E-state index contributed by atoms with van der Waals surface area (Å²) in [5.74, 6) is 1.73. The van der Waals surface area contributed by atoms with Gasteiger partial charge in [-0.3, -0.25) is 0 Å². The summed E-state index contributed by atoms with van der Waals surface area (Å²) in [5.41, 5.74) is 0. The van der Waals surface area contributed by atoms with Crippen molar-refractivity contribution in [1.82, 2.24) is 10.6 Å². The molecule has 0 aliphatic heterocycles. The van der Waals surface area contributed by atoms with Crippen molar-refractivity contribution >= 4 is 29.9 Å². The minimum absolute atomic E-state index is 0. The Bertz CT molecular complexity index is 491. The standard InChI is InChI=1S/C19H31N3O2.HI/c1-3-17(24-18-8-6-5-7-9-18)14-21-19(20-4-2)22-15-10-12-16(23)13-11-15;/h5-9,15-17,23H,3-4,10-14H2,1-2H3,(H2,20,21,22);1H. The summed E-state index contributed by atoms with van der Waals surface area (Å²) in [6.07, 6.45) is 4.56. The summed E-state index contributed by atoms with van der Waals surface area (Å²) in [7, 11) is 0. The Morgan fingerprint density at radius 1 is 1.20 bits per heavy atom. The fourth-order valence-electron chi connectivity index (χ4n) is 2.87. The lowest BCUT2D eigenvalue weighted by molar-refractivity contribution is 0.120. The van der Waals surface area contributed by atoms with Crippen molar-refractivity contribution in [2.45, 2.75) is 64.2 Å². The molecule has 0 amide bonds. The Kier molecular flexibility index (Phi) is 10.9. The molecule has 1 aliphatic rings. The van der Waals surface area contributed by atoms with E-state index in [2.05, 4.69) is 24.5 Å². The zero-order valence-electron chi connectivity index (χ0n) is 15.3. The van der Waals surface area contributed by atoms with Crippen molar-refractivity contribution in [1.29, 1.82) is 0 Å². The molecule has 1 unspecified atom stereocenters. The lowest BCUT2D eigenvalue weighted by atomic mass is 9.93. The molecule has 0 saturated heterocycles. The maximum Gasteiger partial charge on any atom is 0.191 e. The molecule has 1 aliphatic carbocycles. The molecule has 2 rings (SSSR count). The van der Waals surface area contributed by atoms with Crippen molar-refractivity contribution in [3.8, 4) is 5.75 Å². The van der Waals surface area contributed by atoms with E-state index in [-0.39, 0.29) is 36.2 Å². The van der Waals surface area contributed by atoms with Gasteiger partial charge in [-0.05, 0) is 51.2 Å². The Balaban J connectivity index is 0.00000312. The molecule has 3 N–H and O–H groups in total. The van der Waals surface area contributed by atoms with Crippen LogP contribution >= 0.6 is 24.0 Å². The lowest BCUT2D eigenvalue weighted by Gasteiger charge is -2.28. The van der Waals surface area contributed by atoms with Gasteiger partial charge in [0.25, 0.3) is 0 Å². The van der Waals surface area contributed by atoms with Gasteiger partial charge in [0, 0.05) is 12.6 Å². The highest BCUT2D eigenvalue weighted by Crippen LogP contribution is 2.18. The topological polar surface area (TPSA) is 65.9 Å². The van der Waals surface area contributed by atoms with Crippen LogP contribution in [0.2, 0.25) is 0 Å². The number of ether oxygens (including phenoxy) is 1. The summed E-state index contributed by atoms with van der Waals surface area (Å²) in [6, 6.07) is 10.3. The number of rotatable bonds is 7. The SMILES string of the molecule is CCNC(=NCC(CC)Oc1ccccc1)NC1CCC(O)CC1.I. The molecule has 5 nitrogen and oxygen atoms in total. The number of aliphatic hydroxyl groups is 1.